The van der Waals surface area contributed by atoms with E-state index in [4.69, 9.17) is 4.42 Å². The molecular weight excluding hydrogens is 214 g/mol. The summed E-state index contributed by atoms with van der Waals surface area (Å²) >= 11 is 0. The lowest BCUT2D eigenvalue weighted by atomic mass is 10.1. The fourth-order valence-electron chi connectivity index (χ4n) is 1.64. The SMILES string of the molecule is CC(C)CCN(C)c1nc(CNC2CC2)co1. The third kappa shape index (κ3) is 4.04. The molecule has 2 rings (SSSR count). The van der Waals surface area contributed by atoms with Gasteiger partial charge in [0.1, 0.15) is 6.26 Å². The quantitative estimate of drug-likeness (QED) is 0.790. The monoisotopic (exact) mass is 237 g/mol. The zero-order valence-corrected chi connectivity index (χ0v) is 11.1. The van der Waals surface area contributed by atoms with Gasteiger partial charge in [0.15, 0.2) is 0 Å². The summed E-state index contributed by atoms with van der Waals surface area (Å²) < 4.78 is 5.49. The van der Waals surface area contributed by atoms with Crippen molar-refractivity contribution in [3.63, 3.8) is 0 Å². The van der Waals surface area contributed by atoms with Crippen molar-refractivity contribution >= 4 is 6.01 Å². The van der Waals surface area contributed by atoms with Gasteiger partial charge in [0.05, 0.1) is 5.69 Å². The van der Waals surface area contributed by atoms with E-state index in [1.54, 1.807) is 6.26 Å². The van der Waals surface area contributed by atoms with Crippen LogP contribution >= 0.6 is 0 Å². The normalized spacial score (nSPS) is 15.5. The molecular formula is C13H23N3O. The maximum absolute atomic E-state index is 5.49. The Morgan fingerprint density at radius 1 is 1.53 bits per heavy atom. The van der Waals surface area contributed by atoms with Crippen LogP contribution in [-0.2, 0) is 6.54 Å². The Balaban J connectivity index is 1.78. The molecule has 0 aromatic carbocycles. The van der Waals surface area contributed by atoms with Crippen molar-refractivity contribution in [1.82, 2.24) is 10.3 Å². The highest BCUT2D eigenvalue weighted by atomic mass is 16.4. The van der Waals surface area contributed by atoms with Crippen LogP contribution in [0.4, 0.5) is 6.01 Å². The van der Waals surface area contributed by atoms with Gasteiger partial charge in [0.25, 0.3) is 6.01 Å². The number of oxazole rings is 1. The van der Waals surface area contributed by atoms with E-state index in [1.165, 1.54) is 12.8 Å². The first-order chi connectivity index (χ1) is 8.15. The summed E-state index contributed by atoms with van der Waals surface area (Å²) in [6.07, 6.45) is 5.53. The third-order valence-corrected chi connectivity index (χ3v) is 3.06. The Hall–Kier alpha value is -1.03. The van der Waals surface area contributed by atoms with Gasteiger partial charge in [0.2, 0.25) is 0 Å². The zero-order valence-electron chi connectivity index (χ0n) is 11.1. The van der Waals surface area contributed by atoms with Gasteiger partial charge in [-0.3, -0.25) is 0 Å². The first kappa shape index (κ1) is 12.4. The second kappa shape index (κ2) is 5.54. The first-order valence-electron chi connectivity index (χ1n) is 6.54. The average molecular weight is 237 g/mol. The molecule has 4 heteroatoms. The Morgan fingerprint density at radius 3 is 2.94 bits per heavy atom. The number of hydrogen-bond acceptors (Lipinski definition) is 4. The third-order valence-electron chi connectivity index (χ3n) is 3.06. The van der Waals surface area contributed by atoms with Crippen molar-refractivity contribution in [2.45, 2.75) is 45.7 Å². The van der Waals surface area contributed by atoms with Gasteiger partial charge >= 0.3 is 0 Å². The largest absolute Gasteiger partial charge is 0.432 e. The Kier molecular flexibility index (Phi) is 4.05. The summed E-state index contributed by atoms with van der Waals surface area (Å²) in [4.78, 5) is 6.57. The molecule has 1 aromatic heterocycles. The van der Waals surface area contributed by atoms with Crippen LogP contribution in [0.5, 0.6) is 0 Å². The minimum atomic E-state index is 0.711. The highest BCUT2D eigenvalue weighted by molar-refractivity contribution is 5.25. The smallest absolute Gasteiger partial charge is 0.297 e. The van der Waals surface area contributed by atoms with E-state index < -0.39 is 0 Å². The van der Waals surface area contributed by atoms with E-state index in [0.717, 1.165) is 31.2 Å². The van der Waals surface area contributed by atoms with Crippen LogP contribution in [0, 0.1) is 5.92 Å². The van der Waals surface area contributed by atoms with Crippen LogP contribution in [0.2, 0.25) is 0 Å². The van der Waals surface area contributed by atoms with Crippen LogP contribution in [0.3, 0.4) is 0 Å². The van der Waals surface area contributed by atoms with Crippen molar-refractivity contribution in [2.75, 3.05) is 18.5 Å². The molecule has 96 valence electrons. The van der Waals surface area contributed by atoms with Gasteiger partial charge in [-0.05, 0) is 25.2 Å². The number of hydrogen-bond donors (Lipinski definition) is 1. The molecule has 1 saturated carbocycles. The van der Waals surface area contributed by atoms with E-state index in [1.807, 2.05) is 7.05 Å². The topological polar surface area (TPSA) is 41.3 Å². The molecule has 0 spiro atoms. The molecule has 0 bridgehead atoms. The van der Waals surface area contributed by atoms with E-state index >= 15 is 0 Å². The second-order valence-corrected chi connectivity index (χ2v) is 5.38. The fraction of sp³-hybridized carbons (Fsp3) is 0.769. The van der Waals surface area contributed by atoms with Crippen molar-refractivity contribution in [2.24, 2.45) is 5.92 Å². The molecule has 1 aromatic rings. The molecule has 4 nitrogen and oxygen atoms in total. The molecule has 1 aliphatic rings. The molecule has 0 aliphatic heterocycles. The maximum Gasteiger partial charge on any atom is 0.297 e. The summed E-state index contributed by atoms with van der Waals surface area (Å²) in [6.45, 7) is 6.28. The van der Waals surface area contributed by atoms with Gasteiger partial charge in [-0.1, -0.05) is 13.8 Å². The minimum absolute atomic E-state index is 0.711. The Labute approximate surface area is 103 Å². The van der Waals surface area contributed by atoms with Crippen LogP contribution < -0.4 is 10.2 Å². The standard InChI is InChI=1S/C13H23N3O/c1-10(2)6-7-16(3)13-15-12(9-17-13)8-14-11-4-5-11/h9-11,14H,4-8H2,1-3H3. The molecule has 0 atom stereocenters. The van der Waals surface area contributed by atoms with Crippen molar-refractivity contribution in [3.05, 3.63) is 12.0 Å². The molecule has 0 amide bonds. The van der Waals surface area contributed by atoms with Gasteiger partial charge in [-0.15, -0.1) is 0 Å². The van der Waals surface area contributed by atoms with Crippen molar-refractivity contribution in [1.29, 1.82) is 0 Å². The first-order valence-corrected chi connectivity index (χ1v) is 6.54. The number of nitrogens with zero attached hydrogens (tertiary/aromatic N) is 2. The fourth-order valence-corrected chi connectivity index (χ4v) is 1.64. The molecule has 1 fully saturated rings. The average Bonchev–Trinajstić information content (AvgIpc) is 3.00. The van der Waals surface area contributed by atoms with E-state index in [2.05, 4.69) is 29.0 Å². The van der Waals surface area contributed by atoms with Crippen LogP contribution in [0.15, 0.2) is 10.7 Å². The zero-order chi connectivity index (χ0) is 12.3. The summed E-state index contributed by atoms with van der Waals surface area (Å²) in [5, 5.41) is 3.43. The summed E-state index contributed by atoms with van der Waals surface area (Å²) in [7, 11) is 2.03. The predicted molar refractivity (Wildman–Crippen MR) is 69.1 cm³/mol. The lowest BCUT2D eigenvalue weighted by molar-refractivity contribution is 0.521. The highest BCUT2D eigenvalue weighted by Gasteiger charge is 2.20. The molecule has 17 heavy (non-hydrogen) atoms. The van der Waals surface area contributed by atoms with Crippen molar-refractivity contribution < 1.29 is 4.42 Å². The number of nitrogens with one attached hydrogen (secondary N) is 1. The van der Waals surface area contributed by atoms with Crippen LogP contribution in [-0.4, -0.2) is 24.6 Å². The lowest BCUT2D eigenvalue weighted by Crippen LogP contribution is -2.20. The summed E-state index contributed by atoms with van der Waals surface area (Å²) in [5.41, 5.74) is 1.00. The summed E-state index contributed by atoms with van der Waals surface area (Å²) in [5.74, 6) is 0.711. The molecule has 1 N–H and O–H groups in total. The van der Waals surface area contributed by atoms with E-state index in [-0.39, 0.29) is 0 Å². The molecule has 0 saturated heterocycles. The molecule has 1 heterocycles. The minimum Gasteiger partial charge on any atom is -0.432 e. The van der Waals surface area contributed by atoms with Gasteiger partial charge in [0, 0.05) is 26.2 Å². The predicted octanol–water partition coefficient (Wildman–Crippen LogP) is 2.41. The molecule has 1 aliphatic carbocycles. The van der Waals surface area contributed by atoms with Crippen LogP contribution in [0.25, 0.3) is 0 Å². The Bertz CT molecular complexity index is 344. The Morgan fingerprint density at radius 2 is 2.29 bits per heavy atom. The van der Waals surface area contributed by atoms with Gasteiger partial charge in [-0.25, -0.2) is 0 Å². The maximum atomic E-state index is 5.49. The lowest BCUT2D eigenvalue weighted by Gasteiger charge is -2.15. The molecule has 0 unspecified atom stereocenters. The molecule has 0 radical (unpaired) electrons. The number of anilines is 1. The van der Waals surface area contributed by atoms with Crippen molar-refractivity contribution in [3.8, 4) is 0 Å². The number of rotatable bonds is 7. The van der Waals surface area contributed by atoms with Gasteiger partial charge in [-0.2, -0.15) is 4.98 Å². The highest BCUT2D eigenvalue weighted by Crippen LogP contribution is 2.20. The van der Waals surface area contributed by atoms with E-state index in [0.29, 0.717) is 12.0 Å². The number of aromatic nitrogens is 1. The van der Waals surface area contributed by atoms with Crippen LogP contribution in [0.1, 0.15) is 38.8 Å². The summed E-state index contributed by atoms with van der Waals surface area (Å²) in [6, 6.07) is 1.45. The van der Waals surface area contributed by atoms with E-state index in [9.17, 15) is 0 Å². The second-order valence-electron chi connectivity index (χ2n) is 5.38. The van der Waals surface area contributed by atoms with Gasteiger partial charge < -0.3 is 14.6 Å².